The lowest BCUT2D eigenvalue weighted by atomic mass is 10.0. The maximum Gasteiger partial charge on any atom is 0.305 e. The molecule has 0 aliphatic heterocycles. The average Bonchev–Trinajstić information content (AvgIpc) is 3.42. The van der Waals surface area contributed by atoms with E-state index >= 15 is 0 Å². The summed E-state index contributed by atoms with van der Waals surface area (Å²) >= 11 is 0. The summed E-state index contributed by atoms with van der Waals surface area (Å²) in [4.78, 5) is 24.5. The summed E-state index contributed by atoms with van der Waals surface area (Å²) < 4.78 is 5.47. The highest BCUT2D eigenvalue weighted by Crippen LogP contribution is 2.17. The quantitative estimate of drug-likeness (QED) is 0.0320. The Labute approximate surface area is 473 Å². The smallest absolute Gasteiger partial charge is 0.305 e. The number of amides is 1. The Hall–Kier alpha value is -2.44. The van der Waals surface area contributed by atoms with Gasteiger partial charge in [0.05, 0.1) is 25.4 Å². The van der Waals surface area contributed by atoms with E-state index in [1.807, 2.05) is 6.08 Å². The van der Waals surface area contributed by atoms with Crippen LogP contribution in [0, 0.1) is 0 Å². The molecule has 444 valence electrons. The summed E-state index contributed by atoms with van der Waals surface area (Å²) in [6.07, 6.45) is 85.6. The summed E-state index contributed by atoms with van der Waals surface area (Å²) in [5, 5.41) is 23.2. The van der Waals surface area contributed by atoms with Crippen LogP contribution in [0.5, 0.6) is 0 Å². The van der Waals surface area contributed by atoms with Gasteiger partial charge in [-0.25, -0.2) is 0 Å². The second kappa shape index (κ2) is 65.1. The largest absolute Gasteiger partial charge is 0.466 e. The summed E-state index contributed by atoms with van der Waals surface area (Å²) in [6.45, 7) is 4.87. The number of rotatable bonds is 62. The van der Waals surface area contributed by atoms with E-state index in [1.54, 1.807) is 6.08 Å². The molecule has 3 N–H and O–H groups in total. The third-order valence-electron chi connectivity index (χ3n) is 15.3. The first-order valence-electron chi connectivity index (χ1n) is 33.6. The lowest BCUT2D eigenvalue weighted by Crippen LogP contribution is -2.45. The van der Waals surface area contributed by atoms with E-state index in [-0.39, 0.29) is 18.5 Å². The summed E-state index contributed by atoms with van der Waals surface area (Å²) in [6, 6.07) is -0.635. The second-order valence-corrected chi connectivity index (χ2v) is 22.8. The molecule has 0 aliphatic carbocycles. The van der Waals surface area contributed by atoms with Crippen molar-refractivity contribution in [2.24, 2.45) is 0 Å². The molecule has 0 aromatic rings. The molecule has 0 saturated heterocycles. The molecule has 0 spiro atoms. The molecule has 0 bridgehead atoms. The van der Waals surface area contributed by atoms with Crippen molar-refractivity contribution in [2.45, 2.75) is 360 Å². The van der Waals surface area contributed by atoms with Gasteiger partial charge in [0.1, 0.15) is 0 Å². The van der Waals surface area contributed by atoms with Crippen molar-refractivity contribution in [1.82, 2.24) is 5.32 Å². The van der Waals surface area contributed by atoms with Gasteiger partial charge in [0.15, 0.2) is 0 Å². The van der Waals surface area contributed by atoms with Crippen molar-refractivity contribution in [3.05, 3.63) is 60.8 Å². The summed E-state index contributed by atoms with van der Waals surface area (Å²) in [5.41, 5.74) is 0. The zero-order valence-electron chi connectivity index (χ0n) is 50.7. The van der Waals surface area contributed by atoms with Crippen LogP contribution >= 0.6 is 0 Å². The van der Waals surface area contributed by atoms with E-state index in [1.165, 1.54) is 263 Å². The van der Waals surface area contributed by atoms with Crippen molar-refractivity contribution in [1.29, 1.82) is 0 Å². The number of hydrogen-bond donors (Lipinski definition) is 3. The highest BCUT2D eigenvalue weighted by molar-refractivity contribution is 5.76. The molecule has 0 aromatic heterocycles. The van der Waals surface area contributed by atoms with Gasteiger partial charge >= 0.3 is 5.97 Å². The lowest BCUT2D eigenvalue weighted by Gasteiger charge is -2.20. The minimum atomic E-state index is -0.851. The van der Waals surface area contributed by atoms with Crippen LogP contribution in [0.25, 0.3) is 0 Å². The van der Waals surface area contributed by atoms with Crippen LogP contribution in [0.15, 0.2) is 60.8 Å². The number of allylic oxidation sites excluding steroid dienone is 9. The Morgan fingerprint density at radius 2 is 0.671 bits per heavy atom. The fourth-order valence-corrected chi connectivity index (χ4v) is 10.1. The first kappa shape index (κ1) is 73.6. The van der Waals surface area contributed by atoms with Gasteiger partial charge in [-0.2, -0.15) is 0 Å². The number of aliphatic hydroxyl groups is 2. The van der Waals surface area contributed by atoms with E-state index in [2.05, 4.69) is 67.8 Å². The monoisotopic (exact) mass is 1060 g/mol. The minimum absolute atomic E-state index is 0.00640. The van der Waals surface area contributed by atoms with E-state index < -0.39 is 12.1 Å². The first-order chi connectivity index (χ1) is 37.5. The Morgan fingerprint density at radius 3 is 1.04 bits per heavy atom. The first-order valence-corrected chi connectivity index (χ1v) is 33.6. The van der Waals surface area contributed by atoms with Gasteiger partial charge in [-0.1, -0.05) is 306 Å². The third-order valence-corrected chi connectivity index (χ3v) is 15.3. The maximum atomic E-state index is 12.5. The Morgan fingerprint density at radius 1 is 0.368 bits per heavy atom. The Bertz CT molecular complexity index is 1320. The molecule has 2 atom stereocenters. The second-order valence-electron chi connectivity index (χ2n) is 22.8. The van der Waals surface area contributed by atoms with Crippen molar-refractivity contribution in [3.8, 4) is 0 Å². The topological polar surface area (TPSA) is 95.9 Å². The molecular weight excluding hydrogens is 935 g/mol. The molecule has 0 saturated carbocycles. The zero-order chi connectivity index (χ0) is 55.0. The average molecular weight is 1060 g/mol. The number of carbonyl (C=O) groups excluding carboxylic acids is 2. The number of hydrogen-bond acceptors (Lipinski definition) is 5. The van der Waals surface area contributed by atoms with Gasteiger partial charge in [0, 0.05) is 12.8 Å². The van der Waals surface area contributed by atoms with Crippen molar-refractivity contribution in [2.75, 3.05) is 13.2 Å². The van der Waals surface area contributed by atoms with Crippen LogP contribution in [0.3, 0.4) is 0 Å². The van der Waals surface area contributed by atoms with Crippen LogP contribution < -0.4 is 5.32 Å². The Balaban J connectivity index is 3.47. The van der Waals surface area contributed by atoms with Crippen molar-refractivity contribution >= 4 is 11.9 Å². The number of nitrogens with one attached hydrogen (secondary N) is 1. The number of carbonyl (C=O) groups is 2. The predicted octanol–water partition coefficient (Wildman–Crippen LogP) is 21.5. The van der Waals surface area contributed by atoms with Crippen molar-refractivity contribution < 1.29 is 24.5 Å². The van der Waals surface area contributed by atoms with Gasteiger partial charge in [-0.15, -0.1) is 0 Å². The molecule has 1 amide bonds. The highest BCUT2D eigenvalue weighted by atomic mass is 16.5. The highest BCUT2D eigenvalue weighted by Gasteiger charge is 2.18. The van der Waals surface area contributed by atoms with Crippen molar-refractivity contribution in [3.63, 3.8) is 0 Å². The molecular formula is C70H129NO5. The van der Waals surface area contributed by atoms with E-state index in [4.69, 9.17) is 4.74 Å². The standard InChI is InChI=1S/C70H129NO5/c1-3-5-7-9-11-13-15-17-19-20-21-29-32-35-38-42-46-50-54-58-62-68(73)67(66-72)71-69(74)63-59-55-51-47-43-39-36-33-30-27-25-23-22-24-26-28-31-34-37-41-45-49-53-57-61-65-76-70(75)64-60-56-52-48-44-40-18-16-14-12-10-8-6-4-2/h10,12,16,18,23-26,58,62,67-68,72-73H,3-9,11,13-15,17,19-22,27-57,59-61,63-66H2,1-2H3,(H,71,74)/b12-10-,18-16-,25-23-,26-24-,62-58+. The van der Waals surface area contributed by atoms with Crippen LogP contribution in [-0.4, -0.2) is 47.4 Å². The van der Waals surface area contributed by atoms with Gasteiger partial charge in [0.2, 0.25) is 5.91 Å². The van der Waals surface area contributed by atoms with Crippen LogP contribution in [0.2, 0.25) is 0 Å². The maximum absolute atomic E-state index is 12.5. The molecule has 0 aliphatic rings. The fraction of sp³-hybridized carbons (Fsp3) is 0.829. The summed E-state index contributed by atoms with van der Waals surface area (Å²) in [5.74, 6) is -0.0787. The SMILES string of the molecule is CCCC/C=C\C/C=C\CCCCCCCC(=O)OCCCCCCCCCCC/C=C\C/C=C\CCCCCCCCCCCC(=O)NC(CO)C(O)/C=C/CCCCCCCCCCCCCCCCCCCC. The molecule has 0 rings (SSSR count). The van der Waals surface area contributed by atoms with Gasteiger partial charge < -0.3 is 20.3 Å². The number of esters is 1. The van der Waals surface area contributed by atoms with Crippen LogP contribution in [0.1, 0.15) is 348 Å². The summed E-state index contributed by atoms with van der Waals surface area (Å²) in [7, 11) is 0. The van der Waals surface area contributed by atoms with Gasteiger partial charge in [-0.3, -0.25) is 9.59 Å². The molecule has 0 aromatic carbocycles. The zero-order valence-corrected chi connectivity index (χ0v) is 50.7. The normalized spacial score (nSPS) is 12.9. The molecule has 76 heavy (non-hydrogen) atoms. The van der Waals surface area contributed by atoms with E-state index in [9.17, 15) is 19.8 Å². The van der Waals surface area contributed by atoms with Crippen LogP contribution in [0.4, 0.5) is 0 Å². The van der Waals surface area contributed by atoms with Gasteiger partial charge in [-0.05, 0) is 89.9 Å². The van der Waals surface area contributed by atoms with E-state index in [0.717, 1.165) is 57.8 Å². The lowest BCUT2D eigenvalue weighted by molar-refractivity contribution is -0.143. The molecule has 0 fully saturated rings. The van der Waals surface area contributed by atoms with Crippen LogP contribution in [-0.2, 0) is 14.3 Å². The third kappa shape index (κ3) is 60.8. The fourth-order valence-electron chi connectivity index (χ4n) is 10.1. The molecule has 2 unspecified atom stereocenters. The predicted molar refractivity (Wildman–Crippen MR) is 333 cm³/mol. The van der Waals surface area contributed by atoms with E-state index in [0.29, 0.717) is 19.4 Å². The molecule has 6 heteroatoms. The minimum Gasteiger partial charge on any atom is -0.466 e. The number of aliphatic hydroxyl groups excluding tert-OH is 2. The number of unbranched alkanes of at least 4 members (excludes halogenated alkanes) is 43. The Kier molecular flexibility index (Phi) is 63.0. The van der Waals surface area contributed by atoms with Gasteiger partial charge in [0.25, 0.3) is 0 Å². The molecule has 0 heterocycles. The molecule has 0 radical (unpaired) electrons. The number of ether oxygens (including phenoxy) is 1. The molecule has 6 nitrogen and oxygen atoms in total.